The normalized spacial score (nSPS) is 15.0. The van der Waals surface area contributed by atoms with Crippen molar-refractivity contribution in [2.45, 2.75) is 38.9 Å². The van der Waals surface area contributed by atoms with Crippen molar-refractivity contribution in [3.05, 3.63) is 71.0 Å². The number of nitrogens with zero attached hydrogens (tertiary/aromatic N) is 2. The van der Waals surface area contributed by atoms with E-state index in [2.05, 4.69) is 44.8 Å². The first-order valence-electron chi connectivity index (χ1n) is 9.72. The highest BCUT2D eigenvalue weighted by Crippen LogP contribution is 2.16. The molecular formula is C22H30FIN4. The van der Waals surface area contributed by atoms with Crippen LogP contribution in [-0.4, -0.2) is 31.0 Å². The lowest BCUT2D eigenvalue weighted by atomic mass is 10.0. The highest BCUT2D eigenvalue weighted by atomic mass is 127. The van der Waals surface area contributed by atoms with Gasteiger partial charge in [0.05, 0.1) is 0 Å². The molecular weight excluding hydrogens is 466 g/mol. The second-order valence-electron chi connectivity index (χ2n) is 7.01. The van der Waals surface area contributed by atoms with E-state index in [1.54, 1.807) is 13.1 Å². The van der Waals surface area contributed by atoms with Crippen LogP contribution in [0.3, 0.4) is 0 Å². The topological polar surface area (TPSA) is 39.7 Å². The van der Waals surface area contributed by atoms with E-state index >= 15 is 0 Å². The average molecular weight is 496 g/mol. The second-order valence-corrected chi connectivity index (χ2v) is 7.01. The molecule has 6 heteroatoms. The van der Waals surface area contributed by atoms with Gasteiger partial charge in [0.15, 0.2) is 5.96 Å². The summed E-state index contributed by atoms with van der Waals surface area (Å²) in [5.41, 5.74) is 3.55. The first-order chi connectivity index (χ1) is 13.2. The third-order valence-corrected chi connectivity index (χ3v) is 4.98. The molecule has 28 heavy (non-hydrogen) atoms. The molecule has 1 aliphatic rings. The molecule has 2 aromatic rings. The standard InChI is InChI=1S/C22H29FN4.HI/c1-24-22(25-15-18-8-7-11-21(23)14-18)26-16-19-9-3-4-10-20(19)17-27-12-5-2-6-13-27;/h3-4,7-11,14H,2,5-6,12-13,15-17H2,1H3,(H2,24,25,26);1H. The predicted octanol–water partition coefficient (Wildman–Crippen LogP) is 4.29. The van der Waals surface area contributed by atoms with E-state index in [9.17, 15) is 4.39 Å². The lowest BCUT2D eigenvalue weighted by molar-refractivity contribution is 0.220. The van der Waals surface area contributed by atoms with Crippen molar-refractivity contribution in [1.82, 2.24) is 15.5 Å². The zero-order valence-electron chi connectivity index (χ0n) is 16.5. The monoisotopic (exact) mass is 496 g/mol. The molecule has 0 saturated carbocycles. The number of likely N-dealkylation sites (tertiary alicyclic amines) is 1. The number of guanidine groups is 1. The summed E-state index contributed by atoms with van der Waals surface area (Å²) in [4.78, 5) is 6.82. The molecule has 0 atom stereocenters. The maximum Gasteiger partial charge on any atom is 0.191 e. The molecule has 0 aromatic heterocycles. The number of benzene rings is 2. The van der Waals surface area contributed by atoms with Gasteiger partial charge in [0.1, 0.15) is 5.82 Å². The van der Waals surface area contributed by atoms with Gasteiger partial charge in [-0.15, -0.1) is 24.0 Å². The van der Waals surface area contributed by atoms with Crippen molar-refractivity contribution < 1.29 is 4.39 Å². The minimum Gasteiger partial charge on any atom is -0.352 e. The third-order valence-electron chi connectivity index (χ3n) is 4.98. The fourth-order valence-electron chi connectivity index (χ4n) is 3.47. The smallest absolute Gasteiger partial charge is 0.191 e. The van der Waals surface area contributed by atoms with Gasteiger partial charge in [0.2, 0.25) is 0 Å². The molecule has 1 heterocycles. The van der Waals surface area contributed by atoms with Gasteiger partial charge >= 0.3 is 0 Å². The summed E-state index contributed by atoms with van der Waals surface area (Å²) in [6.45, 7) is 4.64. The summed E-state index contributed by atoms with van der Waals surface area (Å²) in [6.07, 6.45) is 3.96. The molecule has 0 spiro atoms. The van der Waals surface area contributed by atoms with Crippen molar-refractivity contribution in [1.29, 1.82) is 0 Å². The maximum absolute atomic E-state index is 13.3. The minimum absolute atomic E-state index is 0. The van der Waals surface area contributed by atoms with Crippen molar-refractivity contribution in [2.24, 2.45) is 4.99 Å². The number of piperidine rings is 1. The molecule has 0 unspecified atom stereocenters. The van der Waals surface area contributed by atoms with E-state index in [4.69, 9.17) is 0 Å². The van der Waals surface area contributed by atoms with E-state index in [-0.39, 0.29) is 29.8 Å². The molecule has 4 nitrogen and oxygen atoms in total. The molecule has 2 aromatic carbocycles. The molecule has 3 rings (SSSR count). The van der Waals surface area contributed by atoms with Crippen LogP contribution in [0.25, 0.3) is 0 Å². The summed E-state index contributed by atoms with van der Waals surface area (Å²) in [5.74, 6) is 0.496. The number of hydrogen-bond acceptors (Lipinski definition) is 2. The van der Waals surface area contributed by atoms with Gasteiger partial charge in [0, 0.05) is 26.7 Å². The Labute approximate surface area is 184 Å². The highest BCUT2D eigenvalue weighted by Gasteiger charge is 2.12. The zero-order valence-corrected chi connectivity index (χ0v) is 18.8. The lowest BCUT2D eigenvalue weighted by Crippen LogP contribution is -2.36. The van der Waals surface area contributed by atoms with Crippen LogP contribution in [0.4, 0.5) is 4.39 Å². The molecule has 0 amide bonds. The van der Waals surface area contributed by atoms with Crippen LogP contribution >= 0.6 is 24.0 Å². The molecule has 0 radical (unpaired) electrons. The van der Waals surface area contributed by atoms with E-state index in [1.807, 2.05) is 6.07 Å². The Balaban J connectivity index is 0.00000280. The molecule has 152 valence electrons. The van der Waals surface area contributed by atoms with Gasteiger partial charge in [-0.2, -0.15) is 0 Å². The average Bonchev–Trinajstić information content (AvgIpc) is 2.70. The Morgan fingerprint density at radius 1 is 0.964 bits per heavy atom. The Kier molecular flexibility index (Phi) is 9.70. The summed E-state index contributed by atoms with van der Waals surface area (Å²) in [6, 6.07) is 15.2. The molecule has 0 bridgehead atoms. The molecule has 0 aliphatic carbocycles. The van der Waals surface area contributed by atoms with Gasteiger partial charge < -0.3 is 10.6 Å². The first-order valence-corrected chi connectivity index (χ1v) is 9.72. The Bertz CT molecular complexity index is 760. The quantitative estimate of drug-likeness (QED) is 0.356. The van der Waals surface area contributed by atoms with Gasteiger partial charge in [-0.1, -0.05) is 42.8 Å². The number of hydrogen-bond donors (Lipinski definition) is 2. The molecule has 2 N–H and O–H groups in total. The van der Waals surface area contributed by atoms with Crippen LogP contribution in [0.5, 0.6) is 0 Å². The van der Waals surface area contributed by atoms with Gasteiger partial charge in [-0.3, -0.25) is 9.89 Å². The minimum atomic E-state index is -0.219. The summed E-state index contributed by atoms with van der Waals surface area (Å²) >= 11 is 0. The summed E-state index contributed by atoms with van der Waals surface area (Å²) in [5, 5.41) is 6.62. The fourth-order valence-corrected chi connectivity index (χ4v) is 3.47. The van der Waals surface area contributed by atoms with Crippen LogP contribution in [0.2, 0.25) is 0 Å². The Hall–Kier alpha value is -1.67. The van der Waals surface area contributed by atoms with Crippen molar-refractivity contribution in [2.75, 3.05) is 20.1 Å². The second kappa shape index (κ2) is 12.0. The first kappa shape index (κ1) is 22.6. The Morgan fingerprint density at radius 2 is 1.68 bits per heavy atom. The van der Waals surface area contributed by atoms with Crippen LogP contribution < -0.4 is 10.6 Å². The number of rotatable bonds is 6. The van der Waals surface area contributed by atoms with Crippen molar-refractivity contribution in [3.63, 3.8) is 0 Å². The number of aliphatic imine (C=N–C) groups is 1. The van der Waals surface area contributed by atoms with Crippen LogP contribution in [0, 0.1) is 5.82 Å². The van der Waals surface area contributed by atoms with Crippen LogP contribution in [0.1, 0.15) is 36.0 Å². The molecule has 1 saturated heterocycles. The van der Waals surface area contributed by atoms with Gasteiger partial charge in [-0.05, 0) is 54.8 Å². The third kappa shape index (κ3) is 7.05. The lowest BCUT2D eigenvalue weighted by Gasteiger charge is -2.27. The SMILES string of the molecule is CN=C(NCc1cccc(F)c1)NCc1ccccc1CN1CCCCC1.I. The fraction of sp³-hybridized carbons (Fsp3) is 0.409. The summed E-state index contributed by atoms with van der Waals surface area (Å²) in [7, 11) is 1.75. The van der Waals surface area contributed by atoms with Gasteiger partial charge in [-0.25, -0.2) is 4.39 Å². The number of nitrogens with one attached hydrogen (secondary N) is 2. The Morgan fingerprint density at radius 3 is 2.39 bits per heavy atom. The largest absolute Gasteiger partial charge is 0.352 e. The van der Waals surface area contributed by atoms with Crippen molar-refractivity contribution >= 4 is 29.9 Å². The predicted molar refractivity (Wildman–Crippen MR) is 124 cm³/mol. The molecule has 1 fully saturated rings. The van der Waals surface area contributed by atoms with Crippen LogP contribution in [-0.2, 0) is 19.6 Å². The summed E-state index contributed by atoms with van der Waals surface area (Å²) < 4.78 is 13.3. The van der Waals surface area contributed by atoms with E-state index in [0.717, 1.165) is 12.1 Å². The maximum atomic E-state index is 13.3. The van der Waals surface area contributed by atoms with Crippen molar-refractivity contribution in [3.8, 4) is 0 Å². The van der Waals surface area contributed by atoms with Gasteiger partial charge in [0.25, 0.3) is 0 Å². The highest BCUT2D eigenvalue weighted by molar-refractivity contribution is 14.0. The zero-order chi connectivity index (χ0) is 18.9. The van der Waals surface area contributed by atoms with E-state index in [0.29, 0.717) is 19.0 Å². The number of halogens is 2. The van der Waals surface area contributed by atoms with E-state index < -0.39 is 0 Å². The van der Waals surface area contributed by atoms with E-state index in [1.165, 1.54) is 55.6 Å². The van der Waals surface area contributed by atoms with Crippen LogP contribution in [0.15, 0.2) is 53.5 Å². The molecule has 1 aliphatic heterocycles.